The molecule has 1 aliphatic carbocycles. The molecule has 5 heterocycles. The van der Waals surface area contributed by atoms with Gasteiger partial charge in [0, 0.05) is 32.4 Å². The van der Waals surface area contributed by atoms with Gasteiger partial charge in [0.2, 0.25) is 5.95 Å². The number of hydrogen-bond donors (Lipinski definition) is 2. The van der Waals surface area contributed by atoms with Crippen LogP contribution in [-0.2, 0) is 32.8 Å². The first-order valence-corrected chi connectivity index (χ1v) is 15.2. The molecule has 208 valence electrons. The number of piperazine rings is 1. The zero-order chi connectivity index (χ0) is 27.4. The van der Waals surface area contributed by atoms with Gasteiger partial charge in [0.25, 0.3) is 0 Å². The summed E-state index contributed by atoms with van der Waals surface area (Å²) in [4.78, 5) is 15.8. The number of sulfone groups is 1. The van der Waals surface area contributed by atoms with E-state index in [0.29, 0.717) is 29.8 Å². The van der Waals surface area contributed by atoms with Gasteiger partial charge in [-0.25, -0.2) is 23.4 Å². The summed E-state index contributed by atoms with van der Waals surface area (Å²) in [7, 11) is -3.70. The van der Waals surface area contributed by atoms with Crippen LogP contribution in [0.15, 0.2) is 29.3 Å². The smallest absolute Gasteiger partial charge is 0.368 e. The van der Waals surface area contributed by atoms with E-state index in [-0.39, 0.29) is 33.8 Å². The molecular weight excluding hydrogens is 553 g/mol. The van der Waals surface area contributed by atoms with Crippen molar-refractivity contribution in [1.82, 2.24) is 20.3 Å². The molecule has 0 unspecified atom stereocenters. The van der Waals surface area contributed by atoms with Gasteiger partial charge in [-0.2, -0.15) is 13.2 Å². The highest BCUT2D eigenvalue weighted by Crippen LogP contribution is 2.56. The molecule has 1 saturated heterocycles. The number of rotatable bonds is 5. The van der Waals surface area contributed by atoms with Crippen LogP contribution in [0.2, 0.25) is 0 Å². The van der Waals surface area contributed by atoms with Crippen LogP contribution in [0.5, 0.6) is 0 Å². The van der Waals surface area contributed by atoms with Crippen LogP contribution in [0.1, 0.15) is 35.9 Å². The molecule has 0 amide bonds. The SMILES string of the molecule is CCc1nc(N2CCNCC2)ccc1Nc1ncc(C(F)(F)F)c(-c2cc3c(s2)C2(CC2)OCCS3(=O)=O)n1. The van der Waals surface area contributed by atoms with Crippen molar-refractivity contribution in [2.45, 2.75) is 42.9 Å². The minimum Gasteiger partial charge on any atom is -0.368 e. The number of alkyl halides is 3. The van der Waals surface area contributed by atoms with Gasteiger partial charge in [-0.05, 0) is 37.5 Å². The molecule has 3 aliphatic rings. The predicted octanol–water partition coefficient (Wildman–Crippen LogP) is 4.13. The van der Waals surface area contributed by atoms with E-state index < -0.39 is 27.2 Å². The van der Waals surface area contributed by atoms with Crippen LogP contribution in [0.3, 0.4) is 0 Å². The summed E-state index contributed by atoms with van der Waals surface area (Å²) >= 11 is 0.999. The third kappa shape index (κ3) is 4.98. The van der Waals surface area contributed by atoms with Crippen molar-refractivity contribution in [2.24, 2.45) is 0 Å². The first-order valence-electron chi connectivity index (χ1n) is 12.8. The van der Waals surface area contributed by atoms with E-state index in [1.807, 2.05) is 19.1 Å². The fourth-order valence-corrected chi connectivity index (χ4v) is 8.07. The van der Waals surface area contributed by atoms with Gasteiger partial charge in [0.15, 0.2) is 9.84 Å². The summed E-state index contributed by atoms with van der Waals surface area (Å²) < 4.78 is 73.8. The average Bonchev–Trinajstić information content (AvgIpc) is 3.56. The van der Waals surface area contributed by atoms with E-state index in [9.17, 15) is 21.6 Å². The third-order valence-electron chi connectivity index (χ3n) is 7.19. The molecular formula is C25H27F3N6O3S2. The minimum absolute atomic E-state index is 0.0340. The Morgan fingerprint density at radius 3 is 2.67 bits per heavy atom. The maximum Gasteiger partial charge on any atom is 0.420 e. The fourth-order valence-electron chi connectivity index (χ4n) is 4.95. The lowest BCUT2D eigenvalue weighted by Gasteiger charge is -2.29. The number of hydrogen-bond acceptors (Lipinski definition) is 10. The second-order valence-electron chi connectivity index (χ2n) is 9.80. The Morgan fingerprint density at radius 2 is 1.97 bits per heavy atom. The van der Waals surface area contributed by atoms with Gasteiger partial charge >= 0.3 is 6.18 Å². The highest BCUT2D eigenvalue weighted by molar-refractivity contribution is 7.91. The molecule has 3 aromatic heterocycles. The molecule has 1 spiro atoms. The molecule has 14 heteroatoms. The molecule has 2 fully saturated rings. The van der Waals surface area contributed by atoms with Crippen molar-refractivity contribution in [1.29, 1.82) is 0 Å². The van der Waals surface area contributed by atoms with E-state index in [1.165, 1.54) is 6.07 Å². The van der Waals surface area contributed by atoms with E-state index in [1.54, 1.807) is 0 Å². The lowest BCUT2D eigenvalue weighted by Crippen LogP contribution is -2.43. The Labute approximate surface area is 227 Å². The quantitative estimate of drug-likeness (QED) is 0.461. The Balaban J connectivity index is 1.38. The van der Waals surface area contributed by atoms with E-state index in [4.69, 9.17) is 9.72 Å². The van der Waals surface area contributed by atoms with Gasteiger partial charge in [0.05, 0.1) is 44.1 Å². The molecule has 0 radical (unpaired) electrons. The second-order valence-corrected chi connectivity index (χ2v) is 12.9. The van der Waals surface area contributed by atoms with Crippen LogP contribution in [0, 0.1) is 0 Å². The maximum atomic E-state index is 14.0. The lowest BCUT2D eigenvalue weighted by molar-refractivity contribution is -0.137. The highest BCUT2D eigenvalue weighted by atomic mass is 32.2. The summed E-state index contributed by atoms with van der Waals surface area (Å²) in [5, 5.41) is 6.34. The molecule has 3 aromatic rings. The van der Waals surface area contributed by atoms with Crippen molar-refractivity contribution < 1.29 is 26.3 Å². The predicted molar refractivity (Wildman–Crippen MR) is 141 cm³/mol. The highest BCUT2D eigenvalue weighted by Gasteiger charge is 2.52. The van der Waals surface area contributed by atoms with Gasteiger partial charge in [-0.3, -0.25) is 0 Å². The number of pyridine rings is 1. The van der Waals surface area contributed by atoms with Gasteiger partial charge < -0.3 is 20.3 Å². The third-order valence-corrected chi connectivity index (χ3v) is 10.3. The Morgan fingerprint density at radius 1 is 1.21 bits per heavy atom. The Bertz CT molecular complexity index is 1520. The first-order chi connectivity index (χ1) is 18.6. The molecule has 2 aliphatic heterocycles. The Hall–Kier alpha value is -2.81. The standard InChI is InChI=1S/C25H27F3N6O3S2/c1-2-16-17(3-4-20(31-16)34-9-7-29-8-10-34)32-23-30-14-15(25(26,27)28)21(33-23)18-13-19-22(38-18)24(5-6-24)37-11-12-39(19,35)36/h3-4,13-14,29H,2,5-12H2,1H3,(H,30,32,33). The van der Waals surface area contributed by atoms with Crippen molar-refractivity contribution in [2.75, 3.05) is 48.8 Å². The van der Waals surface area contributed by atoms with Crippen molar-refractivity contribution in [3.8, 4) is 10.6 Å². The van der Waals surface area contributed by atoms with E-state index in [0.717, 1.165) is 55.2 Å². The lowest BCUT2D eigenvalue weighted by atomic mass is 10.2. The minimum atomic E-state index is -4.73. The van der Waals surface area contributed by atoms with Gasteiger partial charge in [0.1, 0.15) is 17.0 Å². The summed E-state index contributed by atoms with van der Waals surface area (Å²) in [6.45, 7) is 5.42. The monoisotopic (exact) mass is 580 g/mol. The number of nitrogens with zero attached hydrogens (tertiary/aromatic N) is 4. The topological polar surface area (TPSA) is 109 Å². The van der Waals surface area contributed by atoms with Gasteiger partial charge in [-0.1, -0.05) is 6.92 Å². The number of nitrogens with one attached hydrogen (secondary N) is 2. The molecule has 6 rings (SSSR count). The molecule has 1 saturated carbocycles. The van der Waals surface area contributed by atoms with E-state index >= 15 is 0 Å². The summed E-state index contributed by atoms with van der Waals surface area (Å²) in [6.07, 6.45) is -2.14. The van der Waals surface area contributed by atoms with Crippen LogP contribution < -0.4 is 15.5 Å². The summed E-state index contributed by atoms with van der Waals surface area (Å²) in [6, 6.07) is 5.01. The van der Waals surface area contributed by atoms with Crippen LogP contribution in [0.4, 0.5) is 30.6 Å². The number of thiophene rings is 1. The molecule has 0 atom stereocenters. The van der Waals surface area contributed by atoms with Crippen LogP contribution in [-0.4, -0.2) is 61.9 Å². The molecule has 0 aromatic carbocycles. The zero-order valence-electron chi connectivity index (χ0n) is 21.1. The molecule has 9 nitrogen and oxygen atoms in total. The van der Waals surface area contributed by atoms with E-state index in [2.05, 4.69) is 25.5 Å². The largest absolute Gasteiger partial charge is 0.420 e. The number of aromatic nitrogens is 3. The number of anilines is 3. The average molecular weight is 581 g/mol. The Kier molecular flexibility index (Phi) is 6.56. The number of fused-ring (bicyclic) bond motifs is 2. The fraction of sp³-hybridized carbons (Fsp3) is 0.480. The van der Waals surface area contributed by atoms with Crippen molar-refractivity contribution in [3.63, 3.8) is 0 Å². The number of aryl methyl sites for hydroxylation is 1. The zero-order valence-corrected chi connectivity index (χ0v) is 22.8. The van der Waals surface area contributed by atoms with Crippen LogP contribution in [0.25, 0.3) is 10.6 Å². The van der Waals surface area contributed by atoms with Crippen molar-refractivity contribution in [3.05, 3.63) is 40.5 Å². The number of ether oxygens (including phenoxy) is 1. The summed E-state index contributed by atoms with van der Waals surface area (Å²) in [5.41, 5.74) is -0.805. The first kappa shape index (κ1) is 26.4. The molecule has 0 bridgehead atoms. The molecule has 39 heavy (non-hydrogen) atoms. The summed E-state index contributed by atoms with van der Waals surface area (Å²) in [5.74, 6) is 0.593. The number of halogens is 3. The van der Waals surface area contributed by atoms with Gasteiger partial charge in [-0.15, -0.1) is 11.3 Å². The second kappa shape index (κ2) is 9.68. The normalized spacial score (nSPS) is 19.9. The van der Waals surface area contributed by atoms with Crippen molar-refractivity contribution >= 4 is 38.6 Å². The molecule has 2 N–H and O–H groups in total. The maximum absolute atomic E-state index is 14.0. The van der Waals surface area contributed by atoms with Crippen LogP contribution >= 0.6 is 11.3 Å².